The fourth-order valence-corrected chi connectivity index (χ4v) is 3.18. The Morgan fingerprint density at radius 3 is 2.58 bits per heavy atom. The van der Waals surface area contributed by atoms with E-state index in [9.17, 15) is 9.59 Å². The van der Waals surface area contributed by atoms with E-state index < -0.39 is 5.41 Å². The van der Waals surface area contributed by atoms with Crippen molar-refractivity contribution < 1.29 is 9.59 Å². The fourth-order valence-electron chi connectivity index (χ4n) is 2.74. The lowest BCUT2D eigenvalue weighted by Crippen LogP contribution is -2.34. The van der Waals surface area contributed by atoms with Crippen LogP contribution in [0, 0.1) is 11.3 Å². The number of halogens is 1. The number of alkyl halides is 1. The number of rotatable bonds is 5. The zero-order valence-corrected chi connectivity index (χ0v) is 13.1. The average molecular weight is 371 g/mol. The molecule has 1 aromatic carbocycles. The molecule has 1 aliphatic heterocycles. The molecule has 1 aliphatic rings. The molecule has 3 nitrogen and oxygen atoms in total. The smallest absolute Gasteiger partial charge is 0.233 e. The summed E-state index contributed by atoms with van der Waals surface area (Å²) in [6, 6.07) is 9.91. The average Bonchev–Trinajstić information content (AvgIpc) is 2.59. The molecule has 0 spiro atoms. The van der Waals surface area contributed by atoms with E-state index in [-0.39, 0.29) is 17.7 Å². The van der Waals surface area contributed by atoms with E-state index in [4.69, 9.17) is 0 Å². The molecule has 2 amide bonds. The lowest BCUT2D eigenvalue weighted by Gasteiger charge is -2.27. The molecule has 0 bridgehead atoms. The van der Waals surface area contributed by atoms with Gasteiger partial charge in [0.2, 0.25) is 11.8 Å². The predicted octanol–water partition coefficient (Wildman–Crippen LogP) is 2.72. The molecule has 0 unspecified atom stereocenters. The van der Waals surface area contributed by atoms with Gasteiger partial charge in [-0.15, -0.1) is 0 Å². The van der Waals surface area contributed by atoms with Crippen LogP contribution in [-0.2, 0) is 16.0 Å². The molecule has 2 atom stereocenters. The molecule has 19 heavy (non-hydrogen) atoms. The van der Waals surface area contributed by atoms with Crippen LogP contribution in [0.2, 0.25) is 0 Å². The van der Waals surface area contributed by atoms with Crippen LogP contribution < -0.4 is 5.32 Å². The number of carbonyl (C=O) groups is 2. The van der Waals surface area contributed by atoms with Crippen LogP contribution in [0.5, 0.6) is 0 Å². The van der Waals surface area contributed by atoms with Crippen molar-refractivity contribution in [1.82, 2.24) is 5.32 Å². The van der Waals surface area contributed by atoms with Gasteiger partial charge in [0.1, 0.15) is 0 Å². The van der Waals surface area contributed by atoms with E-state index in [2.05, 4.69) is 27.9 Å². The quantitative estimate of drug-likeness (QED) is 0.492. The Morgan fingerprint density at radius 1 is 1.26 bits per heavy atom. The maximum atomic E-state index is 12.2. The molecule has 0 aromatic heterocycles. The van der Waals surface area contributed by atoms with Gasteiger partial charge in [0.05, 0.1) is 11.3 Å². The maximum absolute atomic E-state index is 12.2. The molecule has 0 radical (unpaired) electrons. The van der Waals surface area contributed by atoms with Crippen LogP contribution in [-0.4, -0.2) is 16.2 Å². The summed E-state index contributed by atoms with van der Waals surface area (Å²) in [7, 11) is 0. The molecule has 4 heteroatoms. The van der Waals surface area contributed by atoms with Crippen molar-refractivity contribution in [3.63, 3.8) is 0 Å². The van der Waals surface area contributed by atoms with Crippen LogP contribution in [0.1, 0.15) is 25.3 Å². The summed E-state index contributed by atoms with van der Waals surface area (Å²) in [6.45, 7) is 1.91. The third kappa shape index (κ3) is 2.99. The Balaban J connectivity index is 2.22. The molecule has 102 valence electrons. The molecule has 0 aliphatic carbocycles. The van der Waals surface area contributed by atoms with Crippen LogP contribution in [0.15, 0.2) is 30.3 Å². The summed E-state index contributed by atoms with van der Waals surface area (Å²) in [6.07, 6.45) is 2.37. The van der Waals surface area contributed by atoms with Crippen molar-refractivity contribution in [1.29, 1.82) is 0 Å². The lowest BCUT2D eigenvalue weighted by molar-refractivity contribution is -0.128. The minimum absolute atomic E-state index is 0.103. The summed E-state index contributed by atoms with van der Waals surface area (Å²) >= 11 is 2.31. The molecule has 1 N–H and O–H groups in total. The minimum atomic E-state index is -0.607. The molecule has 1 aromatic rings. The molecule has 0 saturated carbocycles. The van der Waals surface area contributed by atoms with Gasteiger partial charge >= 0.3 is 0 Å². The molecule has 2 rings (SSSR count). The Morgan fingerprint density at radius 2 is 1.95 bits per heavy atom. The van der Waals surface area contributed by atoms with Crippen LogP contribution in [0.3, 0.4) is 0 Å². The number of carbonyl (C=O) groups excluding carboxylic acids is 2. The third-order valence-corrected chi connectivity index (χ3v) is 4.64. The highest BCUT2D eigenvalue weighted by Gasteiger charge is 2.50. The molecule has 1 heterocycles. The molecule has 1 saturated heterocycles. The second-order valence-electron chi connectivity index (χ2n) is 5.28. The first kappa shape index (κ1) is 14.5. The van der Waals surface area contributed by atoms with E-state index in [1.807, 2.05) is 37.3 Å². The van der Waals surface area contributed by atoms with Gasteiger partial charge in [-0.3, -0.25) is 14.9 Å². The highest BCUT2D eigenvalue weighted by atomic mass is 127. The summed E-state index contributed by atoms with van der Waals surface area (Å²) in [5, 5.41) is 2.51. The summed E-state index contributed by atoms with van der Waals surface area (Å²) in [4.78, 5) is 24.1. The van der Waals surface area contributed by atoms with Crippen LogP contribution in [0.25, 0.3) is 0 Å². The Kier molecular flexibility index (Phi) is 4.60. The van der Waals surface area contributed by atoms with Gasteiger partial charge < -0.3 is 0 Å². The second-order valence-corrected chi connectivity index (χ2v) is 6.36. The van der Waals surface area contributed by atoms with Gasteiger partial charge in [-0.2, -0.15) is 0 Å². The maximum Gasteiger partial charge on any atom is 0.233 e. The number of hydrogen-bond donors (Lipinski definition) is 1. The van der Waals surface area contributed by atoms with Gasteiger partial charge in [-0.05, 0) is 36.2 Å². The molecular formula is C15H18INO2. The van der Waals surface area contributed by atoms with Crippen molar-refractivity contribution in [2.75, 3.05) is 4.43 Å². The first-order valence-corrected chi connectivity index (χ1v) is 8.05. The third-order valence-electron chi connectivity index (χ3n) is 3.88. The van der Waals surface area contributed by atoms with E-state index in [0.717, 1.165) is 22.8 Å². The molecule has 1 fully saturated rings. The summed E-state index contributed by atoms with van der Waals surface area (Å²) in [5.41, 5.74) is 0.499. The topological polar surface area (TPSA) is 46.2 Å². The van der Waals surface area contributed by atoms with Gasteiger partial charge in [0.15, 0.2) is 0 Å². The highest BCUT2D eigenvalue weighted by molar-refractivity contribution is 14.1. The summed E-state index contributed by atoms with van der Waals surface area (Å²) < 4.78 is 1.01. The van der Waals surface area contributed by atoms with Gasteiger partial charge in [-0.25, -0.2) is 0 Å². The number of benzene rings is 1. The van der Waals surface area contributed by atoms with Crippen molar-refractivity contribution >= 4 is 34.4 Å². The number of amides is 2. The number of imide groups is 1. The first-order valence-electron chi connectivity index (χ1n) is 6.53. The SMILES string of the molecule is C[C@@]1(Cc2ccccc2)C(=O)NC(=O)[C@H]1CCCI. The van der Waals surface area contributed by atoms with Crippen molar-refractivity contribution in [2.24, 2.45) is 11.3 Å². The predicted molar refractivity (Wildman–Crippen MR) is 83.0 cm³/mol. The largest absolute Gasteiger partial charge is 0.296 e. The first-order chi connectivity index (χ1) is 9.08. The number of nitrogens with one attached hydrogen (secondary N) is 1. The van der Waals surface area contributed by atoms with Crippen molar-refractivity contribution in [3.05, 3.63) is 35.9 Å². The lowest BCUT2D eigenvalue weighted by atomic mass is 9.72. The fraction of sp³-hybridized carbons (Fsp3) is 0.467. The monoisotopic (exact) mass is 371 g/mol. The Labute approximate surface area is 127 Å². The van der Waals surface area contributed by atoms with Crippen LogP contribution >= 0.6 is 22.6 Å². The zero-order valence-electron chi connectivity index (χ0n) is 11.0. The normalized spacial score (nSPS) is 26.5. The Hall–Kier alpha value is -0.910. The van der Waals surface area contributed by atoms with E-state index >= 15 is 0 Å². The van der Waals surface area contributed by atoms with Gasteiger partial charge in [-0.1, -0.05) is 52.9 Å². The number of hydrogen-bond acceptors (Lipinski definition) is 2. The minimum Gasteiger partial charge on any atom is -0.296 e. The van der Waals surface area contributed by atoms with Gasteiger partial charge in [0, 0.05) is 0 Å². The Bertz CT molecular complexity index is 474. The van der Waals surface area contributed by atoms with E-state index in [1.165, 1.54) is 0 Å². The van der Waals surface area contributed by atoms with Crippen molar-refractivity contribution in [3.8, 4) is 0 Å². The van der Waals surface area contributed by atoms with Crippen molar-refractivity contribution in [2.45, 2.75) is 26.2 Å². The zero-order chi connectivity index (χ0) is 13.9. The summed E-state index contributed by atoms with van der Waals surface area (Å²) in [5.74, 6) is -0.428. The van der Waals surface area contributed by atoms with Gasteiger partial charge in [0.25, 0.3) is 0 Å². The second kappa shape index (κ2) is 6.03. The highest BCUT2D eigenvalue weighted by Crippen LogP contribution is 2.39. The molecular weight excluding hydrogens is 353 g/mol. The van der Waals surface area contributed by atoms with E-state index in [1.54, 1.807) is 0 Å². The van der Waals surface area contributed by atoms with E-state index in [0.29, 0.717) is 6.42 Å². The standard InChI is InChI=1S/C15H18INO2/c1-15(10-11-6-3-2-4-7-11)12(8-5-9-16)13(18)17-14(15)19/h2-4,6-7,12H,5,8-10H2,1H3,(H,17,18,19)/t12-,15+/m1/s1. The van der Waals surface area contributed by atoms with Crippen LogP contribution in [0.4, 0.5) is 0 Å².